The van der Waals surface area contributed by atoms with Crippen LogP contribution >= 0.6 is 0 Å². The monoisotopic (exact) mass is 488 g/mol. The molecule has 2 N–H and O–H groups in total. The molecule has 0 aliphatic carbocycles. The summed E-state index contributed by atoms with van der Waals surface area (Å²) in [6.45, 7) is 5.29. The van der Waals surface area contributed by atoms with Crippen LogP contribution in [0.5, 0.6) is 0 Å². The molecule has 2 aromatic carbocycles. The predicted octanol–water partition coefficient (Wildman–Crippen LogP) is 3.07. The van der Waals surface area contributed by atoms with Crippen LogP contribution in [0.2, 0.25) is 0 Å². The summed E-state index contributed by atoms with van der Waals surface area (Å²) in [7, 11) is 0. The number of carbonyl (C=O) groups is 3. The van der Waals surface area contributed by atoms with Crippen molar-refractivity contribution in [2.24, 2.45) is 5.92 Å². The Kier molecular flexibility index (Phi) is 11.2. The quantitative estimate of drug-likeness (QED) is 0.445. The van der Waals surface area contributed by atoms with Crippen molar-refractivity contribution in [3.63, 3.8) is 0 Å². The minimum absolute atomic E-state index is 0.00481. The second-order valence-electron chi connectivity index (χ2n) is 8.46. The molecule has 0 heterocycles. The number of carbonyl (C=O) groups excluding carboxylic acids is 3. The largest absolute Gasteiger partial charge is 0.464 e. The lowest BCUT2D eigenvalue weighted by atomic mass is 10.1. The predicted molar refractivity (Wildman–Crippen MR) is 128 cm³/mol. The van der Waals surface area contributed by atoms with Crippen LogP contribution < -0.4 is 5.32 Å². The highest BCUT2D eigenvalue weighted by molar-refractivity contribution is 5.84. The van der Waals surface area contributed by atoms with Gasteiger partial charge in [-0.05, 0) is 30.0 Å². The van der Waals surface area contributed by atoms with Crippen molar-refractivity contribution in [3.05, 3.63) is 71.5 Å². The molecule has 0 saturated heterocycles. The van der Waals surface area contributed by atoms with E-state index in [-0.39, 0.29) is 44.2 Å². The van der Waals surface area contributed by atoms with Crippen LogP contribution in [-0.4, -0.2) is 59.8 Å². The molecule has 0 spiro atoms. The number of urea groups is 1. The fraction of sp³-hybridized carbons (Fsp3) is 0.423. The molecule has 0 fully saturated rings. The van der Waals surface area contributed by atoms with Crippen LogP contribution in [0, 0.1) is 11.7 Å². The minimum Gasteiger partial charge on any atom is -0.464 e. The van der Waals surface area contributed by atoms with Gasteiger partial charge in [0.2, 0.25) is 0 Å². The number of rotatable bonds is 12. The maximum atomic E-state index is 14.3. The van der Waals surface area contributed by atoms with Crippen molar-refractivity contribution in [2.45, 2.75) is 45.9 Å². The number of ether oxygens (including phenoxy) is 2. The van der Waals surface area contributed by atoms with Gasteiger partial charge < -0.3 is 24.8 Å². The molecule has 2 aromatic rings. The Balaban J connectivity index is 2.18. The minimum atomic E-state index is -1.55. The third-order valence-corrected chi connectivity index (χ3v) is 5.01. The van der Waals surface area contributed by atoms with E-state index in [2.05, 4.69) is 5.32 Å². The van der Waals surface area contributed by atoms with Gasteiger partial charge in [0.05, 0.1) is 13.2 Å². The summed E-state index contributed by atoms with van der Waals surface area (Å²) in [6, 6.07) is 13.1. The van der Waals surface area contributed by atoms with Crippen molar-refractivity contribution in [1.29, 1.82) is 0 Å². The third kappa shape index (κ3) is 9.36. The number of esters is 2. The summed E-state index contributed by atoms with van der Waals surface area (Å²) in [5, 5.41) is 12.8. The lowest BCUT2D eigenvalue weighted by molar-refractivity contribution is -0.153. The molecule has 2 atom stereocenters. The first-order chi connectivity index (χ1) is 16.7. The molecule has 2 rings (SSSR count). The Labute approximate surface area is 205 Å². The van der Waals surface area contributed by atoms with E-state index >= 15 is 0 Å². The molecule has 0 radical (unpaired) electrons. The summed E-state index contributed by atoms with van der Waals surface area (Å²) in [5.41, 5.74) is 0.993. The van der Waals surface area contributed by atoms with Gasteiger partial charge in [0, 0.05) is 13.0 Å². The first-order valence-electron chi connectivity index (χ1n) is 11.5. The standard InChI is InChI=1S/C26H33FN2O6/c1-4-34-25(32)23(30)16-29(15-18(2)3)26(33)28-22(14-20-12-8-9-13-21(20)27)24(31)35-17-19-10-6-5-7-11-19/h5-13,18,22-23,30H,4,14-17H2,1-3H3,(H,28,33). The van der Waals surface area contributed by atoms with Crippen molar-refractivity contribution in [1.82, 2.24) is 10.2 Å². The van der Waals surface area contributed by atoms with E-state index in [0.29, 0.717) is 0 Å². The average molecular weight is 489 g/mol. The van der Waals surface area contributed by atoms with E-state index in [9.17, 15) is 23.9 Å². The van der Waals surface area contributed by atoms with Crippen LogP contribution in [0.1, 0.15) is 31.9 Å². The van der Waals surface area contributed by atoms with Crippen molar-refractivity contribution >= 4 is 18.0 Å². The van der Waals surface area contributed by atoms with Gasteiger partial charge in [0.1, 0.15) is 18.5 Å². The number of amides is 2. The van der Waals surface area contributed by atoms with Crippen LogP contribution in [-0.2, 0) is 32.1 Å². The highest BCUT2D eigenvalue weighted by Gasteiger charge is 2.29. The highest BCUT2D eigenvalue weighted by Crippen LogP contribution is 2.12. The lowest BCUT2D eigenvalue weighted by Crippen LogP contribution is -2.52. The van der Waals surface area contributed by atoms with Crippen LogP contribution in [0.4, 0.5) is 9.18 Å². The van der Waals surface area contributed by atoms with Crippen molar-refractivity contribution in [2.75, 3.05) is 19.7 Å². The van der Waals surface area contributed by atoms with E-state index in [1.54, 1.807) is 37.3 Å². The second-order valence-corrected chi connectivity index (χ2v) is 8.46. The van der Waals surface area contributed by atoms with Crippen LogP contribution in [0.15, 0.2) is 54.6 Å². The van der Waals surface area contributed by atoms with Gasteiger partial charge in [-0.2, -0.15) is 0 Å². The number of nitrogens with zero attached hydrogens (tertiary/aromatic N) is 1. The van der Waals surface area contributed by atoms with Crippen molar-refractivity contribution in [3.8, 4) is 0 Å². The van der Waals surface area contributed by atoms with Gasteiger partial charge in [-0.15, -0.1) is 0 Å². The zero-order valence-corrected chi connectivity index (χ0v) is 20.3. The molecular formula is C26H33FN2O6. The fourth-order valence-corrected chi connectivity index (χ4v) is 3.35. The van der Waals surface area contributed by atoms with E-state index < -0.39 is 35.9 Å². The average Bonchev–Trinajstić information content (AvgIpc) is 2.83. The lowest BCUT2D eigenvalue weighted by Gasteiger charge is -2.28. The van der Waals surface area contributed by atoms with Crippen LogP contribution in [0.3, 0.4) is 0 Å². The summed E-state index contributed by atoms with van der Waals surface area (Å²) in [6.07, 6.45) is -1.68. The van der Waals surface area contributed by atoms with Crippen molar-refractivity contribution < 1.29 is 33.4 Å². The molecular weight excluding hydrogens is 455 g/mol. The third-order valence-electron chi connectivity index (χ3n) is 5.01. The fourth-order valence-electron chi connectivity index (χ4n) is 3.35. The Morgan fingerprint density at radius 1 is 0.971 bits per heavy atom. The molecule has 0 aliphatic heterocycles. The van der Waals surface area contributed by atoms with Gasteiger partial charge in [-0.3, -0.25) is 0 Å². The maximum absolute atomic E-state index is 14.3. The summed E-state index contributed by atoms with van der Waals surface area (Å²) in [4.78, 5) is 39.1. The normalized spacial score (nSPS) is 12.5. The second kappa shape index (κ2) is 14.1. The number of nitrogens with one attached hydrogen (secondary N) is 1. The Bertz CT molecular complexity index is 969. The first-order valence-corrected chi connectivity index (χ1v) is 11.5. The van der Waals surface area contributed by atoms with Gasteiger partial charge in [-0.1, -0.05) is 62.4 Å². The zero-order valence-electron chi connectivity index (χ0n) is 20.3. The Hall–Kier alpha value is -3.46. The molecule has 0 saturated carbocycles. The number of aliphatic hydroxyl groups excluding tert-OH is 1. The van der Waals surface area contributed by atoms with E-state index in [1.807, 2.05) is 19.9 Å². The van der Waals surface area contributed by atoms with E-state index in [1.165, 1.54) is 23.1 Å². The summed E-state index contributed by atoms with van der Waals surface area (Å²) >= 11 is 0. The molecule has 8 nitrogen and oxygen atoms in total. The van der Waals surface area contributed by atoms with Crippen LogP contribution in [0.25, 0.3) is 0 Å². The topological polar surface area (TPSA) is 105 Å². The first kappa shape index (κ1) is 27.8. The molecule has 190 valence electrons. The van der Waals surface area contributed by atoms with Gasteiger partial charge >= 0.3 is 18.0 Å². The smallest absolute Gasteiger partial charge is 0.336 e. The molecule has 2 amide bonds. The molecule has 35 heavy (non-hydrogen) atoms. The number of halogens is 1. The highest BCUT2D eigenvalue weighted by atomic mass is 19.1. The zero-order chi connectivity index (χ0) is 25.8. The molecule has 0 aliphatic rings. The summed E-state index contributed by atoms with van der Waals surface area (Å²) < 4.78 is 24.5. The Morgan fingerprint density at radius 2 is 1.63 bits per heavy atom. The molecule has 0 aromatic heterocycles. The summed E-state index contributed by atoms with van der Waals surface area (Å²) in [5.74, 6) is -2.09. The number of aliphatic hydroxyl groups is 1. The Morgan fingerprint density at radius 3 is 2.26 bits per heavy atom. The SMILES string of the molecule is CCOC(=O)C(O)CN(CC(C)C)C(=O)NC(Cc1ccccc1F)C(=O)OCc1ccccc1. The number of hydrogen-bond donors (Lipinski definition) is 2. The molecule has 2 unspecified atom stereocenters. The van der Waals surface area contributed by atoms with E-state index in [4.69, 9.17) is 9.47 Å². The van der Waals surface area contributed by atoms with Gasteiger partial charge in [0.15, 0.2) is 6.10 Å². The molecule has 0 bridgehead atoms. The number of benzene rings is 2. The van der Waals surface area contributed by atoms with E-state index in [0.717, 1.165) is 5.56 Å². The number of hydrogen-bond acceptors (Lipinski definition) is 6. The molecule has 9 heteroatoms. The van der Waals surface area contributed by atoms with Gasteiger partial charge in [0.25, 0.3) is 0 Å². The van der Waals surface area contributed by atoms with Gasteiger partial charge in [-0.25, -0.2) is 18.8 Å². The maximum Gasteiger partial charge on any atom is 0.336 e.